The van der Waals surface area contributed by atoms with Crippen molar-refractivity contribution in [3.8, 4) is 0 Å². The van der Waals surface area contributed by atoms with E-state index in [4.69, 9.17) is 0 Å². The van der Waals surface area contributed by atoms with Crippen LogP contribution in [0.15, 0.2) is 65.7 Å². The lowest BCUT2D eigenvalue weighted by Gasteiger charge is -2.20. The first kappa shape index (κ1) is 20.4. The number of halogens is 2. The van der Waals surface area contributed by atoms with E-state index in [2.05, 4.69) is 10.3 Å². The molecule has 0 aliphatic heterocycles. The number of nitrogens with one attached hydrogen (secondary N) is 1. The SMILES string of the molecule is CC(C)n1cc(C(=O)N[C@@H](c2ccc(CF)cc2)c2ncccc2F)ccc1=O. The van der Waals surface area contributed by atoms with Gasteiger partial charge in [0.05, 0.1) is 11.6 Å². The Morgan fingerprint density at radius 2 is 1.86 bits per heavy atom. The van der Waals surface area contributed by atoms with Gasteiger partial charge in [-0.25, -0.2) is 8.78 Å². The monoisotopic (exact) mass is 397 g/mol. The molecule has 1 atom stereocenters. The van der Waals surface area contributed by atoms with E-state index in [1.807, 2.05) is 13.8 Å². The Kier molecular flexibility index (Phi) is 6.16. The van der Waals surface area contributed by atoms with E-state index >= 15 is 0 Å². The Labute approximate surface area is 167 Å². The average Bonchev–Trinajstić information content (AvgIpc) is 2.72. The molecule has 0 aliphatic carbocycles. The lowest BCUT2D eigenvalue weighted by molar-refractivity contribution is 0.0941. The van der Waals surface area contributed by atoms with Gasteiger partial charge < -0.3 is 9.88 Å². The molecule has 1 aromatic carbocycles. The van der Waals surface area contributed by atoms with E-state index in [-0.39, 0.29) is 22.9 Å². The summed E-state index contributed by atoms with van der Waals surface area (Å²) in [5.41, 5.74) is 1.13. The predicted molar refractivity (Wildman–Crippen MR) is 106 cm³/mol. The molecule has 7 heteroatoms. The van der Waals surface area contributed by atoms with Crippen LogP contribution in [-0.2, 0) is 6.67 Å². The van der Waals surface area contributed by atoms with Gasteiger partial charge in [0.15, 0.2) is 0 Å². The highest BCUT2D eigenvalue weighted by atomic mass is 19.1. The molecule has 1 amide bonds. The van der Waals surface area contributed by atoms with Crippen LogP contribution in [0, 0.1) is 5.82 Å². The highest BCUT2D eigenvalue weighted by Crippen LogP contribution is 2.24. The summed E-state index contributed by atoms with van der Waals surface area (Å²) in [6.45, 7) is 3.05. The highest BCUT2D eigenvalue weighted by Gasteiger charge is 2.22. The topological polar surface area (TPSA) is 64.0 Å². The summed E-state index contributed by atoms with van der Waals surface area (Å²) in [6.07, 6.45) is 2.91. The Hall–Kier alpha value is -3.35. The fraction of sp³-hybridized carbons (Fsp3) is 0.227. The van der Waals surface area contributed by atoms with E-state index in [1.165, 1.54) is 41.2 Å². The van der Waals surface area contributed by atoms with Gasteiger partial charge in [0.2, 0.25) is 0 Å². The molecule has 2 heterocycles. The lowest BCUT2D eigenvalue weighted by atomic mass is 10.0. The maximum Gasteiger partial charge on any atom is 0.253 e. The Balaban J connectivity index is 1.99. The number of carbonyl (C=O) groups excluding carboxylic acids is 1. The molecule has 2 aromatic heterocycles. The van der Waals surface area contributed by atoms with E-state index < -0.39 is 24.4 Å². The Morgan fingerprint density at radius 3 is 2.48 bits per heavy atom. The van der Waals surface area contributed by atoms with E-state index in [0.29, 0.717) is 11.1 Å². The molecular weight excluding hydrogens is 376 g/mol. The molecule has 1 N–H and O–H groups in total. The molecular formula is C22H21F2N3O2. The summed E-state index contributed by atoms with van der Waals surface area (Å²) in [6, 6.07) is 10.9. The minimum Gasteiger partial charge on any atom is -0.339 e. The van der Waals surface area contributed by atoms with Crippen molar-refractivity contribution in [1.82, 2.24) is 14.9 Å². The van der Waals surface area contributed by atoms with E-state index in [1.54, 1.807) is 24.3 Å². The summed E-state index contributed by atoms with van der Waals surface area (Å²) < 4.78 is 28.7. The average molecular weight is 397 g/mol. The first-order chi connectivity index (χ1) is 13.9. The van der Waals surface area contributed by atoms with Crippen LogP contribution in [0.3, 0.4) is 0 Å². The van der Waals surface area contributed by atoms with Crippen molar-refractivity contribution in [3.63, 3.8) is 0 Å². The number of nitrogens with zero attached hydrogens (tertiary/aromatic N) is 2. The molecule has 0 aliphatic rings. The van der Waals surface area contributed by atoms with Crippen LogP contribution in [-0.4, -0.2) is 15.5 Å². The van der Waals surface area contributed by atoms with Gasteiger partial charge in [0.1, 0.15) is 18.2 Å². The van der Waals surface area contributed by atoms with Crippen LogP contribution in [0.2, 0.25) is 0 Å². The second kappa shape index (κ2) is 8.77. The molecule has 0 saturated carbocycles. The molecule has 0 radical (unpaired) electrons. The fourth-order valence-corrected chi connectivity index (χ4v) is 2.97. The summed E-state index contributed by atoms with van der Waals surface area (Å²) in [4.78, 5) is 28.9. The van der Waals surface area contributed by atoms with Crippen molar-refractivity contribution in [2.24, 2.45) is 0 Å². The lowest BCUT2D eigenvalue weighted by Crippen LogP contribution is -2.32. The molecule has 5 nitrogen and oxygen atoms in total. The minimum atomic E-state index is -0.878. The number of carbonyl (C=O) groups is 1. The van der Waals surface area contributed by atoms with Crippen LogP contribution in [0.5, 0.6) is 0 Å². The molecule has 0 saturated heterocycles. The smallest absolute Gasteiger partial charge is 0.253 e. The molecule has 150 valence electrons. The largest absolute Gasteiger partial charge is 0.339 e. The van der Waals surface area contributed by atoms with Crippen molar-refractivity contribution < 1.29 is 13.6 Å². The normalized spacial score (nSPS) is 12.0. The zero-order valence-corrected chi connectivity index (χ0v) is 16.1. The summed E-state index contributed by atoms with van der Waals surface area (Å²) in [7, 11) is 0. The first-order valence-electron chi connectivity index (χ1n) is 9.19. The summed E-state index contributed by atoms with van der Waals surface area (Å²) >= 11 is 0. The Morgan fingerprint density at radius 1 is 1.14 bits per heavy atom. The zero-order valence-electron chi connectivity index (χ0n) is 16.1. The maximum absolute atomic E-state index is 14.4. The number of aromatic nitrogens is 2. The van der Waals surface area contributed by atoms with Crippen molar-refractivity contribution in [2.45, 2.75) is 32.6 Å². The second-order valence-corrected chi connectivity index (χ2v) is 6.91. The molecule has 0 bridgehead atoms. The van der Waals surface area contributed by atoms with Gasteiger partial charge in [-0.05, 0) is 43.2 Å². The first-order valence-corrected chi connectivity index (χ1v) is 9.19. The van der Waals surface area contributed by atoms with Crippen LogP contribution < -0.4 is 10.9 Å². The number of pyridine rings is 2. The number of rotatable bonds is 6. The van der Waals surface area contributed by atoms with E-state index in [9.17, 15) is 18.4 Å². The van der Waals surface area contributed by atoms with E-state index in [0.717, 1.165) is 0 Å². The highest BCUT2D eigenvalue weighted by molar-refractivity contribution is 5.94. The van der Waals surface area contributed by atoms with Crippen LogP contribution >= 0.6 is 0 Å². The third-order valence-electron chi connectivity index (χ3n) is 4.56. The number of alkyl halides is 1. The zero-order chi connectivity index (χ0) is 21.0. The predicted octanol–water partition coefficient (Wildman–Crippen LogP) is 3.95. The number of hydrogen-bond donors (Lipinski definition) is 1. The van der Waals surface area contributed by atoms with Crippen LogP contribution in [0.1, 0.15) is 53.1 Å². The molecule has 0 unspecified atom stereocenters. The molecule has 3 aromatic rings. The quantitative estimate of drug-likeness (QED) is 0.685. The maximum atomic E-state index is 14.4. The summed E-state index contributed by atoms with van der Waals surface area (Å²) in [5.74, 6) is -1.05. The van der Waals surface area contributed by atoms with Crippen molar-refractivity contribution in [2.75, 3.05) is 0 Å². The van der Waals surface area contributed by atoms with Gasteiger partial charge >= 0.3 is 0 Å². The van der Waals surface area contributed by atoms with Gasteiger partial charge in [-0.3, -0.25) is 14.6 Å². The van der Waals surface area contributed by atoms with Crippen molar-refractivity contribution in [3.05, 3.63) is 99.5 Å². The number of benzene rings is 1. The van der Waals surface area contributed by atoms with Crippen LogP contribution in [0.4, 0.5) is 8.78 Å². The van der Waals surface area contributed by atoms with Gasteiger partial charge in [-0.1, -0.05) is 24.3 Å². The van der Waals surface area contributed by atoms with Gasteiger partial charge in [-0.15, -0.1) is 0 Å². The Bertz CT molecular complexity index is 1060. The fourth-order valence-electron chi connectivity index (χ4n) is 2.97. The standard InChI is InChI=1S/C22H21F2N3O2/c1-14(2)27-13-17(9-10-19(27)28)22(29)26-20(21-18(24)4-3-11-25-21)16-7-5-15(12-23)6-8-16/h3-11,13-14,20H,12H2,1-2H3,(H,26,29)/t20-/m0/s1. The molecule has 0 fully saturated rings. The van der Waals surface area contributed by atoms with Crippen molar-refractivity contribution >= 4 is 5.91 Å². The van der Waals surface area contributed by atoms with Gasteiger partial charge in [0.25, 0.3) is 11.5 Å². The van der Waals surface area contributed by atoms with Crippen LogP contribution in [0.25, 0.3) is 0 Å². The van der Waals surface area contributed by atoms with Crippen molar-refractivity contribution in [1.29, 1.82) is 0 Å². The molecule has 29 heavy (non-hydrogen) atoms. The summed E-state index contributed by atoms with van der Waals surface area (Å²) in [5, 5.41) is 2.78. The third-order valence-corrected chi connectivity index (χ3v) is 4.56. The third kappa shape index (κ3) is 4.56. The molecule has 3 rings (SSSR count). The molecule has 0 spiro atoms. The minimum absolute atomic E-state index is 0.0472. The van der Waals surface area contributed by atoms with Gasteiger partial charge in [-0.2, -0.15) is 0 Å². The van der Waals surface area contributed by atoms with Gasteiger partial charge in [0, 0.05) is 24.5 Å². The number of amides is 1. The second-order valence-electron chi connectivity index (χ2n) is 6.91. The number of hydrogen-bond acceptors (Lipinski definition) is 3.